The van der Waals surface area contributed by atoms with E-state index in [9.17, 15) is 5.11 Å². The lowest BCUT2D eigenvalue weighted by Crippen LogP contribution is -1.98. The minimum Gasteiger partial charge on any atom is -0.389 e. The number of nitrogens with zero attached hydrogens (tertiary/aromatic N) is 2. The standard InChI is InChI=1S/C11H16N2O/c1-13-10(6-7-12-13)4-2-9-3-5-11(14)8-9/h6-8,11,14H,2-5H2,1H3. The lowest BCUT2D eigenvalue weighted by molar-refractivity contribution is 0.223. The van der Waals surface area contributed by atoms with Crippen molar-refractivity contribution >= 4 is 0 Å². The highest BCUT2D eigenvalue weighted by atomic mass is 16.3. The summed E-state index contributed by atoms with van der Waals surface area (Å²) in [5.74, 6) is 0. The molecule has 0 saturated heterocycles. The first-order chi connectivity index (χ1) is 6.75. The van der Waals surface area contributed by atoms with Crippen LogP contribution in [0.25, 0.3) is 0 Å². The summed E-state index contributed by atoms with van der Waals surface area (Å²) >= 11 is 0. The third kappa shape index (κ3) is 2.04. The molecule has 3 heteroatoms. The van der Waals surface area contributed by atoms with Crippen molar-refractivity contribution in [3.63, 3.8) is 0 Å². The summed E-state index contributed by atoms with van der Waals surface area (Å²) in [6.07, 6.45) is 7.66. The van der Waals surface area contributed by atoms with E-state index in [2.05, 4.69) is 5.10 Å². The van der Waals surface area contributed by atoms with Crippen LogP contribution in [0.3, 0.4) is 0 Å². The third-order valence-corrected chi connectivity index (χ3v) is 2.81. The predicted octanol–water partition coefficient (Wildman–Crippen LogP) is 1.43. The summed E-state index contributed by atoms with van der Waals surface area (Å²) in [5.41, 5.74) is 2.64. The zero-order valence-electron chi connectivity index (χ0n) is 8.48. The van der Waals surface area contributed by atoms with Crippen molar-refractivity contribution in [1.82, 2.24) is 9.78 Å². The zero-order valence-corrected chi connectivity index (χ0v) is 8.48. The van der Waals surface area contributed by atoms with Crippen molar-refractivity contribution < 1.29 is 5.11 Å². The molecule has 14 heavy (non-hydrogen) atoms. The Balaban J connectivity index is 1.89. The van der Waals surface area contributed by atoms with E-state index in [4.69, 9.17) is 0 Å². The van der Waals surface area contributed by atoms with Crippen molar-refractivity contribution in [2.24, 2.45) is 7.05 Å². The smallest absolute Gasteiger partial charge is 0.0726 e. The summed E-state index contributed by atoms with van der Waals surface area (Å²) in [6, 6.07) is 2.05. The molecular formula is C11H16N2O. The number of hydrogen-bond acceptors (Lipinski definition) is 2. The van der Waals surface area contributed by atoms with Crippen LogP contribution in [-0.4, -0.2) is 21.0 Å². The van der Waals surface area contributed by atoms with Crippen molar-refractivity contribution in [3.05, 3.63) is 29.6 Å². The molecule has 0 saturated carbocycles. The Hall–Kier alpha value is -1.09. The van der Waals surface area contributed by atoms with Crippen LogP contribution >= 0.6 is 0 Å². The van der Waals surface area contributed by atoms with Gasteiger partial charge in [0, 0.05) is 18.9 Å². The second kappa shape index (κ2) is 3.96. The maximum absolute atomic E-state index is 9.32. The minimum atomic E-state index is -0.198. The average Bonchev–Trinajstić information content (AvgIpc) is 2.72. The number of aryl methyl sites for hydroxylation is 2. The first kappa shape index (κ1) is 9.46. The molecular weight excluding hydrogens is 176 g/mol. The first-order valence-electron chi connectivity index (χ1n) is 5.10. The van der Waals surface area contributed by atoms with Crippen molar-refractivity contribution in [1.29, 1.82) is 0 Å². The predicted molar refractivity (Wildman–Crippen MR) is 54.9 cm³/mol. The Kier molecular flexibility index (Phi) is 2.68. The summed E-state index contributed by atoms with van der Waals surface area (Å²) < 4.78 is 1.91. The van der Waals surface area contributed by atoms with E-state index in [1.165, 1.54) is 11.3 Å². The van der Waals surface area contributed by atoms with Gasteiger partial charge < -0.3 is 5.11 Å². The molecule has 1 aromatic rings. The number of aliphatic hydroxyl groups is 1. The highest BCUT2D eigenvalue weighted by molar-refractivity contribution is 5.14. The number of aliphatic hydroxyl groups excluding tert-OH is 1. The third-order valence-electron chi connectivity index (χ3n) is 2.81. The topological polar surface area (TPSA) is 38.0 Å². The fraction of sp³-hybridized carbons (Fsp3) is 0.545. The van der Waals surface area contributed by atoms with Crippen LogP contribution in [0.4, 0.5) is 0 Å². The van der Waals surface area contributed by atoms with E-state index in [-0.39, 0.29) is 6.10 Å². The Labute approximate surface area is 84.1 Å². The van der Waals surface area contributed by atoms with Gasteiger partial charge in [0.25, 0.3) is 0 Å². The van der Waals surface area contributed by atoms with Gasteiger partial charge in [-0.25, -0.2) is 0 Å². The molecule has 2 rings (SSSR count). The fourth-order valence-corrected chi connectivity index (χ4v) is 1.92. The maximum atomic E-state index is 9.32. The van der Waals surface area contributed by atoms with Gasteiger partial charge in [-0.15, -0.1) is 0 Å². The van der Waals surface area contributed by atoms with E-state index >= 15 is 0 Å². The molecule has 76 valence electrons. The molecule has 0 fully saturated rings. The van der Waals surface area contributed by atoms with Gasteiger partial charge in [-0.1, -0.05) is 11.6 Å². The minimum absolute atomic E-state index is 0.198. The molecule has 0 aliphatic heterocycles. The Morgan fingerprint density at radius 3 is 3.00 bits per heavy atom. The summed E-state index contributed by atoms with van der Waals surface area (Å²) in [6.45, 7) is 0. The molecule has 0 spiro atoms. The number of aromatic nitrogens is 2. The van der Waals surface area contributed by atoms with Gasteiger partial charge in [-0.2, -0.15) is 5.10 Å². The highest BCUT2D eigenvalue weighted by Crippen LogP contribution is 2.22. The van der Waals surface area contributed by atoms with E-state index in [0.29, 0.717) is 0 Å². The van der Waals surface area contributed by atoms with Gasteiger partial charge >= 0.3 is 0 Å². The lowest BCUT2D eigenvalue weighted by atomic mass is 10.1. The molecule has 1 aliphatic rings. The molecule has 1 aromatic heterocycles. The fourth-order valence-electron chi connectivity index (χ4n) is 1.92. The molecule has 1 N–H and O–H groups in total. The van der Waals surface area contributed by atoms with E-state index in [0.717, 1.165) is 25.7 Å². The quantitative estimate of drug-likeness (QED) is 0.736. The average molecular weight is 192 g/mol. The number of hydrogen-bond donors (Lipinski definition) is 1. The Morgan fingerprint density at radius 2 is 2.43 bits per heavy atom. The van der Waals surface area contributed by atoms with Gasteiger partial charge in [-0.05, 0) is 31.7 Å². The van der Waals surface area contributed by atoms with Crippen LogP contribution in [0.15, 0.2) is 23.9 Å². The van der Waals surface area contributed by atoms with Crippen molar-refractivity contribution in [3.8, 4) is 0 Å². The Morgan fingerprint density at radius 1 is 1.57 bits per heavy atom. The molecule has 0 amide bonds. The van der Waals surface area contributed by atoms with Gasteiger partial charge in [-0.3, -0.25) is 4.68 Å². The Bertz CT molecular complexity index is 341. The van der Waals surface area contributed by atoms with Crippen molar-refractivity contribution in [2.45, 2.75) is 31.8 Å². The lowest BCUT2D eigenvalue weighted by Gasteiger charge is -2.02. The largest absolute Gasteiger partial charge is 0.389 e. The van der Waals surface area contributed by atoms with Crippen LogP contribution in [0, 0.1) is 0 Å². The molecule has 1 aliphatic carbocycles. The zero-order chi connectivity index (χ0) is 9.97. The maximum Gasteiger partial charge on any atom is 0.0726 e. The molecule has 3 nitrogen and oxygen atoms in total. The first-order valence-corrected chi connectivity index (χ1v) is 5.10. The summed E-state index contributed by atoms with van der Waals surface area (Å²) in [5, 5.41) is 13.4. The monoisotopic (exact) mass is 192 g/mol. The van der Waals surface area contributed by atoms with Gasteiger partial charge in [0.05, 0.1) is 6.10 Å². The van der Waals surface area contributed by atoms with Crippen LogP contribution in [0.5, 0.6) is 0 Å². The van der Waals surface area contributed by atoms with E-state index in [1.54, 1.807) is 0 Å². The number of rotatable bonds is 3. The SMILES string of the molecule is Cn1nccc1CCC1=CC(O)CC1. The van der Waals surface area contributed by atoms with Crippen LogP contribution in [-0.2, 0) is 13.5 Å². The number of allylic oxidation sites excluding steroid dienone is 1. The highest BCUT2D eigenvalue weighted by Gasteiger charge is 2.12. The molecule has 0 radical (unpaired) electrons. The summed E-state index contributed by atoms with van der Waals surface area (Å²) in [7, 11) is 1.97. The van der Waals surface area contributed by atoms with Crippen LogP contribution < -0.4 is 0 Å². The second-order valence-electron chi connectivity index (χ2n) is 3.88. The molecule has 1 unspecified atom stereocenters. The van der Waals surface area contributed by atoms with Crippen LogP contribution in [0.1, 0.15) is 25.0 Å². The molecule has 0 bridgehead atoms. The second-order valence-corrected chi connectivity index (χ2v) is 3.88. The summed E-state index contributed by atoms with van der Waals surface area (Å²) in [4.78, 5) is 0. The van der Waals surface area contributed by atoms with Gasteiger partial charge in [0.15, 0.2) is 0 Å². The van der Waals surface area contributed by atoms with Crippen molar-refractivity contribution in [2.75, 3.05) is 0 Å². The van der Waals surface area contributed by atoms with Gasteiger partial charge in [0.1, 0.15) is 0 Å². The molecule has 0 aromatic carbocycles. The molecule has 1 atom stereocenters. The normalized spacial score (nSPS) is 21.3. The van der Waals surface area contributed by atoms with E-state index < -0.39 is 0 Å². The molecule has 1 heterocycles. The van der Waals surface area contributed by atoms with Crippen LogP contribution in [0.2, 0.25) is 0 Å². The van der Waals surface area contributed by atoms with E-state index in [1.807, 2.05) is 30.1 Å². The van der Waals surface area contributed by atoms with Gasteiger partial charge in [0.2, 0.25) is 0 Å².